The molecule has 1 N–H and O–H groups in total. The second-order valence-corrected chi connectivity index (χ2v) is 8.02. The van der Waals surface area contributed by atoms with Gasteiger partial charge in [0.2, 0.25) is 0 Å². The van der Waals surface area contributed by atoms with Crippen molar-refractivity contribution in [1.82, 2.24) is 10.2 Å². The summed E-state index contributed by atoms with van der Waals surface area (Å²) in [6.07, 6.45) is 3.54. The Labute approximate surface area is 99.3 Å². The highest BCUT2D eigenvalue weighted by molar-refractivity contribution is 7.92. The van der Waals surface area contributed by atoms with Crippen LogP contribution in [0.5, 0.6) is 0 Å². The average molecular weight is 248 g/mol. The van der Waals surface area contributed by atoms with Crippen molar-refractivity contribution >= 4 is 9.84 Å². The van der Waals surface area contributed by atoms with Crippen LogP contribution in [0.25, 0.3) is 0 Å². The third-order valence-electron chi connectivity index (χ3n) is 3.60. The second kappa shape index (κ2) is 5.02. The zero-order valence-electron chi connectivity index (χ0n) is 10.8. The smallest absolute Gasteiger partial charge is 0.153 e. The molecule has 0 aliphatic carbocycles. The van der Waals surface area contributed by atoms with Crippen molar-refractivity contribution in [2.45, 2.75) is 37.5 Å². The Kier molecular flexibility index (Phi) is 4.37. The molecule has 96 valence electrons. The van der Waals surface area contributed by atoms with Gasteiger partial charge >= 0.3 is 0 Å². The molecule has 0 spiro atoms. The van der Waals surface area contributed by atoms with E-state index in [0.29, 0.717) is 12.6 Å². The lowest BCUT2D eigenvalue weighted by atomic mass is 10.0. The fourth-order valence-corrected chi connectivity index (χ4v) is 2.45. The first kappa shape index (κ1) is 13.9. The standard InChI is InChI=1S/C11H24N2O2S/c1-11(2,16(4,14)15)9-13-7-5-10(12-3)6-8-13/h10,12H,5-9H2,1-4H3. The van der Waals surface area contributed by atoms with Crippen LogP contribution in [0.2, 0.25) is 0 Å². The number of rotatable bonds is 4. The van der Waals surface area contributed by atoms with Gasteiger partial charge in [-0.1, -0.05) is 0 Å². The maximum Gasteiger partial charge on any atom is 0.153 e. The van der Waals surface area contributed by atoms with Crippen LogP contribution in [0, 0.1) is 0 Å². The monoisotopic (exact) mass is 248 g/mol. The van der Waals surface area contributed by atoms with Crippen LogP contribution in [-0.2, 0) is 9.84 Å². The molecule has 0 bridgehead atoms. The molecule has 5 heteroatoms. The molecule has 1 aliphatic heterocycles. The predicted molar refractivity (Wildman–Crippen MR) is 67.4 cm³/mol. The summed E-state index contributed by atoms with van der Waals surface area (Å²) in [5.74, 6) is 0. The zero-order chi connectivity index (χ0) is 12.4. The summed E-state index contributed by atoms with van der Waals surface area (Å²) >= 11 is 0. The Hall–Kier alpha value is -0.130. The van der Waals surface area contributed by atoms with Crippen molar-refractivity contribution in [2.24, 2.45) is 0 Å². The summed E-state index contributed by atoms with van der Waals surface area (Å²) in [6.45, 7) is 6.25. The lowest BCUT2D eigenvalue weighted by Gasteiger charge is -2.36. The van der Waals surface area contributed by atoms with Gasteiger partial charge < -0.3 is 10.2 Å². The zero-order valence-corrected chi connectivity index (χ0v) is 11.6. The Morgan fingerprint density at radius 3 is 2.19 bits per heavy atom. The van der Waals surface area contributed by atoms with E-state index >= 15 is 0 Å². The molecule has 1 aliphatic rings. The maximum atomic E-state index is 11.6. The lowest BCUT2D eigenvalue weighted by Crippen LogP contribution is -2.49. The van der Waals surface area contributed by atoms with Crippen LogP contribution in [0.15, 0.2) is 0 Å². The van der Waals surface area contributed by atoms with Gasteiger partial charge in [0.25, 0.3) is 0 Å². The molecule has 1 fully saturated rings. The van der Waals surface area contributed by atoms with E-state index in [4.69, 9.17) is 0 Å². The molecule has 0 aromatic rings. The Morgan fingerprint density at radius 2 is 1.81 bits per heavy atom. The first-order valence-electron chi connectivity index (χ1n) is 5.85. The molecule has 0 radical (unpaired) electrons. The third-order valence-corrected chi connectivity index (χ3v) is 5.74. The van der Waals surface area contributed by atoms with Gasteiger partial charge in [-0.05, 0) is 46.8 Å². The summed E-state index contributed by atoms with van der Waals surface area (Å²) in [4.78, 5) is 2.26. The van der Waals surface area contributed by atoms with Gasteiger partial charge in [-0.25, -0.2) is 8.42 Å². The second-order valence-electron chi connectivity index (χ2n) is 5.37. The number of piperidine rings is 1. The summed E-state index contributed by atoms with van der Waals surface area (Å²) in [6, 6.07) is 0.595. The summed E-state index contributed by atoms with van der Waals surface area (Å²) < 4.78 is 22.6. The molecular formula is C11H24N2O2S. The molecule has 0 atom stereocenters. The first-order chi connectivity index (χ1) is 7.26. The van der Waals surface area contributed by atoms with Gasteiger partial charge in [-0.15, -0.1) is 0 Å². The summed E-state index contributed by atoms with van der Waals surface area (Å²) in [5.41, 5.74) is 0. The van der Waals surface area contributed by atoms with Crippen molar-refractivity contribution in [2.75, 3.05) is 32.9 Å². The van der Waals surface area contributed by atoms with E-state index in [1.54, 1.807) is 0 Å². The minimum atomic E-state index is -2.98. The van der Waals surface area contributed by atoms with Crippen molar-refractivity contribution in [1.29, 1.82) is 0 Å². The van der Waals surface area contributed by atoms with Gasteiger partial charge in [0, 0.05) is 18.8 Å². The predicted octanol–water partition coefficient (Wildman–Crippen LogP) is 0.493. The summed E-state index contributed by atoms with van der Waals surface area (Å²) in [7, 11) is -0.991. The van der Waals surface area contributed by atoms with Gasteiger partial charge in [0.05, 0.1) is 4.75 Å². The van der Waals surface area contributed by atoms with Crippen LogP contribution in [0.1, 0.15) is 26.7 Å². The van der Waals surface area contributed by atoms with Crippen molar-refractivity contribution in [3.05, 3.63) is 0 Å². The topological polar surface area (TPSA) is 49.4 Å². The van der Waals surface area contributed by atoms with Crippen LogP contribution >= 0.6 is 0 Å². The highest BCUT2D eigenvalue weighted by Gasteiger charge is 2.33. The molecular weight excluding hydrogens is 224 g/mol. The molecule has 1 saturated heterocycles. The molecule has 0 aromatic heterocycles. The van der Waals surface area contributed by atoms with Gasteiger partial charge in [-0.2, -0.15) is 0 Å². The van der Waals surface area contributed by atoms with E-state index in [9.17, 15) is 8.42 Å². The van der Waals surface area contributed by atoms with Gasteiger partial charge in [0.1, 0.15) is 0 Å². The van der Waals surface area contributed by atoms with E-state index in [2.05, 4.69) is 10.2 Å². The SMILES string of the molecule is CNC1CCN(CC(C)(C)S(C)(=O)=O)CC1. The highest BCUT2D eigenvalue weighted by Crippen LogP contribution is 2.19. The molecule has 0 aromatic carbocycles. The summed E-state index contributed by atoms with van der Waals surface area (Å²) in [5, 5.41) is 3.27. The normalized spacial score (nSPS) is 21.2. The van der Waals surface area contributed by atoms with E-state index in [0.717, 1.165) is 25.9 Å². The lowest BCUT2D eigenvalue weighted by molar-refractivity contribution is 0.188. The van der Waals surface area contributed by atoms with Crippen molar-refractivity contribution in [3.63, 3.8) is 0 Å². The fraction of sp³-hybridized carbons (Fsp3) is 1.00. The van der Waals surface area contributed by atoms with Crippen LogP contribution in [-0.4, -0.2) is 57.0 Å². The minimum Gasteiger partial charge on any atom is -0.317 e. The van der Waals surface area contributed by atoms with E-state index in [1.807, 2.05) is 20.9 Å². The van der Waals surface area contributed by atoms with E-state index in [1.165, 1.54) is 6.26 Å². The van der Waals surface area contributed by atoms with Gasteiger partial charge in [0.15, 0.2) is 9.84 Å². The Balaban J connectivity index is 2.51. The van der Waals surface area contributed by atoms with E-state index < -0.39 is 14.6 Å². The minimum absolute atomic E-state index is 0.595. The van der Waals surface area contributed by atoms with Gasteiger partial charge in [-0.3, -0.25) is 0 Å². The number of sulfone groups is 1. The van der Waals surface area contributed by atoms with Crippen molar-refractivity contribution < 1.29 is 8.42 Å². The molecule has 4 nitrogen and oxygen atoms in total. The average Bonchev–Trinajstić information content (AvgIpc) is 2.16. The molecule has 16 heavy (non-hydrogen) atoms. The number of nitrogens with zero attached hydrogens (tertiary/aromatic N) is 1. The maximum absolute atomic E-state index is 11.6. The largest absolute Gasteiger partial charge is 0.317 e. The highest BCUT2D eigenvalue weighted by atomic mass is 32.2. The molecule has 1 heterocycles. The Bertz CT molecular complexity index is 317. The molecule has 0 unspecified atom stereocenters. The number of likely N-dealkylation sites (tertiary alicyclic amines) is 1. The van der Waals surface area contributed by atoms with Crippen molar-refractivity contribution in [3.8, 4) is 0 Å². The first-order valence-corrected chi connectivity index (χ1v) is 7.74. The number of hydrogen-bond acceptors (Lipinski definition) is 4. The van der Waals surface area contributed by atoms with Crippen LogP contribution in [0.3, 0.4) is 0 Å². The quantitative estimate of drug-likeness (QED) is 0.787. The fourth-order valence-electron chi connectivity index (χ4n) is 2.04. The van der Waals surface area contributed by atoms with E-state index in [-0.39, 0.29) is 0 Å². The third kappa shape index (κ3) is 3.43. The van der Waals surface area contributed by atoms with Crippen LogP contribution in [0.4, 0.5) is 0 Å². The Morgan fingerprint density at radius 1 is 1.31 bits per heavy atom. The van der Waals surface area contributed by atoms with Crippen LogP contribution < -0.4 is 5.32 Å². The molecule has 1 rings (SSSR count). The number of hydrogen-bond donors (Lipinski definition) is 1. The molecule has 0 saturated carbocycles. The number of nitrogens with one attached hydrogen (secondary N) is 1. The molecule has 0 amide bonds.